The molecule has 0 unspecified atom stereocenters. The molecule has 3 aromatic carbocycles. The second kappa shape index (κ2) is 10.7. The summed E-state index contributed by atoms with van der Waals surface area (Å²) >= 11 is 0. The van der Waals surface area contributed by atoms with Crippen molar-refractivity contribution in [2.75, 3.05) is 16.9 Å². The summed E-state index contributed by atoms with van der Waals surface area (Å²) in [7, 11) is 1.59. The maximum atomic E-state index is 13.6. The molecule has 4 rings (SSSR count). The molecule has 7 nitrogen and oxygen atoms in total. The minimum atomic E-state index is -0.667. The van der Waals surface area contributed by atoms with Crippen LogP contribution >= 0.6 is 0 Å². The van der Waals surface area contributed by atoms with E-state index in [0.717, 1.165) is 22.5 Å². The van der Waals surface area contributed by atoms with Gasteiger partial charge in [0.2, 0.25) is 11.8 Å². The number of nitrogens with zero attached hydrogens (tertiary/aromatic N) is 2. The molecule has 0 aliphatic carbocycles. The fourth-order valence-electron chi connectivity index (χ4n) is 5.16. The monoisotopic (exact) mass is 513 g/mol. The number of anilines is 2. The summed E-state index contributed by atoms with van der Waals surface area (Å²) in [6.45, 7) is 7.22. The Morgan fingerprint density at radius 3 is 2.21 bits per heavy atom. The molecule has 3 amide bonds. The van der Waals surface area contributed by atoms with E-state index in [1.807, 2.05) is 74.2 Å². The van der Waals surface area contributed by atoms with Gasteiger partial charge in [0.15, 0.2) is 0 Å². The van der Waals surface area contributed by atoms with Gasteiger partial charge < -0.3 is 20.3 Å². The molecule has 0 spiro atoms. The number of carbonyl (C=O) groups excluding carboxylic acids is 3. The quantitative estimate of drug-likeness (QED) is 0.465. The van der Waals surface area contributed by atoms with Gasteiger partial charge in [-0.3, -0.25) is 14.4 Å². The van der Waals surface area contributed by atoms with Crippen LogP contribution in [0.3, 0.4) is 0 Å². The second-order valence-electron chi connectivity index (χ2n) is 10.5. The zero-order valence-electron chi connectivity index (χ0n) is 22.6. The fraction of sp³-hybridized carbons (Fsp3) is 0.323. The van der Waals surface area contributed by atoms with Crippen LogP contribution < -0.4 is 20.3 Å². The number of amides is 3. The predicted molar refractivity (Wildman–Crippen MR) is 149 cm³/mol. The van der Waals surface area contributed by atoms with Gasteiger partial charge in [0.25, 0.3) is 5.91 Å². The van der Waals surface area contributed by atoms with Gasteiger partial charge in [-0.1, -0.05) is 44.2 Å². The highest BCUT2D eigenvalue weighted by Crippen LogP contribution is 2.43. The van der Waals surface area contributed by atoms with Crippen molar-refractivity contribution in [3.8, 4) is 5.75 Å². The third-order valence-electron chi connectivity index (χ3n) is 7.29. The van der Waals surface area contributed by atoms with E-state index in [1.165, 1.54) is 0 Å². The third kappa shape index (κ3) is 5.28. The van der Waals surface area contributed by atoms with Gasteiger partial charge in [-0.25, -0.2) is 0 Å². The molecule has 0 bridgehead atoms. The molecule has 198 valence electrons. The Morgan fingerprint density at radius 2 is 1.63 bits per heavy atom. The zero-order chi connectivity index (χ0) is 27.6. The largest absolute Gasteiger partial charge is 0.497 e. The number of nitrogens with two attached hydrogens (primary N) is 1. The molecule has 1 heterocycles. The molecule has 2 N–H and O–H groups in total. The van der Waals surface area contributed by atoms with E-state index in [4.69, 9.17) is 10.5 Å². The van der Waals surface area contributed by atoms with Crippen LogP contribution in [-0.4, -0.2) is 30.9 Å². The number of carbonyl (C=O) groups is 3. The molecule has 0 saturated carbocycles. The summed E-state index contributed by atoms with van der Waals surface area (Å²) in [5.41, 5.74) is 8.90. The van der Waals surface area contributed by atoms with E-state index in [2.05, 4.69) is 0 Å². The first-order chi connectivity index (χ1) is 18.0. The van der Waals surface area contributed by atoms with Crippen molar-refractivity contribution in [2.24, 2.45) is 11.1 Å². The van der Waals surface area contributed by atoms with E-state index >= 15 is 0 Å². The van der Waals surface area contributed by atoms with E-state index < -0.39 is 5.41 Å². The van der Waals surface area contributed by atoms with Crippen molar-refractivity contribution in [3.63, 3.8) is 0 Å². The summed E-state index contributed by atoms with van der Waals surface area (Å²) in [6.07, 6.45) is 1.09. The molecule has 38 heavy (non-hydrogen) atoms. The van der Waals surface area contributed by atoms with Crippen LogP contribution in [0.1, 0.15) is 61.6 Å². The Kier molecular flexibility index (Phi) is 7.58. The Balaban J connectivity index is 1.67. The molecule has 0 saturated heterocycles. The van der Waals surface area contributed by atoms with Crippen LogP contribution in [0.5, 0.6) is 5.75 Å². The highest BCUT2D eigenvalue weighted by Gasteiger charge is 2.38. The predicted octanol–water partition coefficient (Wildman–Crippen LogP) is 5.28. The van der Waals surface area contributed by atoms with Gasteiger partial charge in [0.05, 0.1) is 13.2 Å². The molecule has 7 heteroatoms. The summed E-state index contributed by atoms with van der Waals surface area (Å²) in [4.78, 5) is 42.0. The van der Waals surface area contributed by atoms with Gasteiger partial charge in [0, 0.05) is 35.3 Å². The average Bonchev–Trinajstić information content (AvgIpc) is 2.89. The Hall–Kier alpha value is -4.13. The molecular formula is C31H35N3O4. The zero-order valence-corrected chi connectivity index (χ0v) is 22.6. The van der Waals surface area contributed by atoms with Crippen LogP contribution in [0.4, 0.5) is 11.4 Å². The molecule has 1 aliphatic rings. The molecule has 3 aromatic rings. The van der Waals surface area contributed by atoms with Gasteiger partial charge in [0.1, 0.15) is 5.75 Å². The van der Waals surface area contributed by atoms with Gasteiger partial charge in [-0.05, 0) is 73.4 Å². The minimum absolute atomic E-state index is 0.0860. The number of primary amides is 1. The lowest BCUT2D eigenvalue weighted by molar-refractivity contribution is -0.126. The molecule has 2 atom stereocenters. The van der Waals surface area contributed by atoms with Crippen LogP contribution in [0.2, 0.25) is 0 Å². The van der Waals surface area contributed by atoms with Gasteiger partial charge in [-0.2, -0.15) is 0 Å². The number of ether oxygens (including phenoxy) is 1. The van der Waals surface area contributed by atoms with E-state index in [9.17, 15) is 14.4 Å². The lowest BCUT2D eigenvalue weighted by Gasteiger charge is -2.43. The summed E-state index contributed by atoms with van der Waals surface area (Å²) in [5.74, 6) is 0.155. The number of para-hydroxylation sites is 1. The van der Waals surface area contributed by atoms with Crippen molar-refractivity contribution in [2.45, 2.75) is 52.6 Å². The van der Waals surface area contributed by atoms with Crippen LogP contribution in [-0.2, 0) is 16.0 Å². The summed E-state index contributed by atoms with van der Waals surface area (Å²) in [5, 5.41) is 0. The molecular weight excluding hydrogens is 478 g/mol. The summed E-state index contributed by atoms with van der Waals surface area (Å²) < 4.78 is 5.24. The average molecular weight is 514 g/mol. The SMILES string of the molecule is COc1ccc(C(=O)N2c3ccccc3[C@H](N(C(C)=O)c3ccc(CC(C)(C)C(N)=O)cc3)C[C@@H]2C)cc1. The Bertz CT molecular complexity index is 1330. The molecule has 0 fully saturated rings. The van der Waals surface area contributed by atoms with Crippen molar-refractivity contribution in [3.05, 3.63) is 89.5 Å². The fourth-order valence-corrected chi connectivity index (χ4v) is 5.16. The first kappa shape index (κ1) is 26.9. The lowest BCUT2D eigenvalue weighted by Crippen LogP contribution is -2.47. The van der Waals surface area contributed by atoms with E-state index in [1.54, 1.807) is 43.2 Å². The molecule has 0 radical (unpaired) electrons. The number of hydrogen-bond acceptors (Lipinski definition) is 4. The van der Waals surface area contributed by atoms with Crippen LogP contribution in [0.25, 0.3) is 0 Å². The number of rotatable bonds is 7. The smallest absolute Gasteiger partial charge is 0.258 e. The van der Waals surface area contributed by atoms with E-state index in [0.29, 0.717) is 24.2 Å². The number of benzene rings is 3. The maximum absolute atomic E-state index is 13.6. The number of fused-ring (bicyclic) bond motifs is 1. The van der Waals surface area contributed by atoms with Crippen molar-refractivity contribution in [1.82, 2.24) is 0 Å². The lowest BCUT2D eigenvalue weighted by atomic mass is 9.85. The summed E-state index contributed by atoms with van der Waals surface area (Å²) in [6, 6.07) is 22.2. The number of hydrogen-bond donors (Lipinski definition) is 1. The Morgan fingerprint density at radius 1 is 1.00 bits per heavy atom. The highest BCUT2D eigenvalue weighted by atomic mass is 16.5. The minimum Gasteiger partial charge on any atom is -0.497 e. The number of methoxy groups -OCH3 is 1. The standard InChI is InChI=1S/C31H35N3O4/c1-20-18-28(34(21(2)35)24-14-10-22(11-15-24)19-31(3,4)30(32)37)26-8-6-7-9-27(26)33(20)29(36)23-12-16-25(38-5)17-13-23/h6-17,20,28H,18-19H2,1-5H3,(H2,32,37)/t20-,28+/m0/s1. The highest BCUT2D eigenvalue weighted by molar-refractivity contribution is 6.07. The first-order valence-corrected chi connectivity index (χ1v) is 12.8. The van der Waals surface area contributed by atoms with Crippen LogP contribution in [0, 0.1) is 5.41 Å². The van der Waals surface area contributed by atoms with E-state index in [-0.39, 0.29) is 29.8 Å². The van der Waals surface area contributed by atoms with Crippen molar-refractivity contribution in [1.29, 1.82) is 0 Å². The first-order valence-electron chi connectivity index (χ1n) is 12.8. The molecule has 0 aromatic heterocycles. The van der Waals surface area contributed by atoms with Crippen molar-refractivity contribution >= 4 is 29.1 Å². The normalized spacial score (nSPS) is 16.9. The Labute approximate surface area is 224 Å². The molecule has 1 aliphatic heterocycles. The van der Waals surface area contributed by atoms with Crippen molar-refractivity contribution < 1.29 is 19.1 Å². The maximum Gasteiger partial charge on any atom is 0.258 e. The topological polar surface area (TPSA) is 92.9 Å². The second-order valence-corrected chi connectivity index (χ2v) is 10.5. The van der Waals surface area contributed by atoms with Gasteiger partial charge in [-0.15, -0.1) is 0 Å². The van der Waals surface area contributed by atoms with Gasteiger partial charge >= 0.3 is 0 Å². The van der Waals surface area contributed by atoms with Crippen LogP contribution in [0.15, 0.2) is 72.8 Å². The third-order valence-corrected chi connectivity index (χ3v) is 7.29.